The van der Waals surface area contributed by atoms with Gasteiger partial charge in [0.15, 0.2) is 5.66 Å². The van der Waals surface area contributed by atoms with Gasteiger partial charge in [-0.2, -0.15) is 37.8 Å². The molecule has 2 aromatic heterocycles. The summed E-state index contributed by atoms with van der Waals surface area (Å²) in [4.78, 5) is 19.6. The van der Waals surface area contributed by atoms with Gasteiger partial charge in [-0.3, -0.25) is 5.41 Å². The van der Waals surface area contributed by atoms with Gasteiger partial charge < -0.3 is 0 Å². The molecule has 1 aromatic carbocycles. The molecule has 42 heavy (non-hydrogen) atoms. The van der Waals surface area contributed by atoms with Crippen LogP contribution < -0.4 is 0 Å². The van der Waals surface area contributed by atoms with Crippen molar-refractivity contribution in [2.24, 2.45) is 15.0 Å². The van der Waals surface area contributed by atoms with Gasteiger partial charge in [0, 0.05) is 35.4 Å². The molecule has 2 aliphatic rings. The molecule has 0 saturated carbocycles. The molecule has 0 fully saturated rings. The fourth-order valence-corrected chi connectivity index (χ4v) is 4.67. The second kappa shape index (κ2) is 10.9. The standard InChI is InChI=1S/C31H21F4N7/c1-4-17(6-5-16(2)19-11-24(32)39-25(33)12-19)9-23(38-15-36)31(3)41-29-21-8-7-18(10-22(21)28(37)30(29)42-31)20-13-26(34)40-27(35)14-20/h5-14,37H,2,4H2,1,3H3/b6-5-,17-9+,37-28?,38-23+. The summed E-state index contributed by atoms with van der Waals surface area (Å²) in [5.41, 5.74) is 2.89. The van der Waals surface area contributed by atoms with Gasteiger partial charge in [-0.1, -0.05) is 37.8 Å². The van der Waals surface area contributed by atoms with E-state index in [1.54, 1.807) is 49.5 Å². The highest BCUT2D eigenvalue weighted by Crippen LogP contribution is 2.34. The first-order chi connectivity index (χ1) is 20.0. The minimum Gasteiger partial charge on any atom is -0.298 e. The van der Waals surface area contributed by atoms with Gasteiger partial charge in [-0.25, -0.2) is 9.98 Å². The fourth-order valence-electron chi connectivity index (χ4n) is 4.67. The maximum absolute atomic E-state index is 13.7. The zero-order chi connectivity index (χ0) is 30.2. The monoisotopic (exact) mass is 567 g/mol. The molecule has 1 unspecified atom stereocenters. The second-order valence-electron chi connectivity index (χ2n) is 9.61. The smallest absolute Gasteiger partial charge is 0.216 e. The van der Waals surface area contributed by atoms with Crippen molar-refractivity contribution < 1.29 is 17.6 Å². The van der Waals surface area contributed by atoms with E-state index in [4.69, 9.17) is 10.4 Å². The molecule has 3 heterocycles. The van der Waals surface area contributed by atoms with Crippen LogP contribution in [0.4, 0.5) is 17.6 Å². The van der Waals surface area contributed by atoms with Gasteiger partial charge in [0.25, 0.3) is 0 Å². The number of aliphatic imine (C=N–C) groups is 3. The van der Waals surface area contributed by atoms with E-state index in [0.717, 1.165) is 24.3 Å². The Balaban J connectivity index is 1.47. The van der Waals surface area contributed by atoms with Crippen molar-refractivity contribution in [1.82, 2.24) is 9.97 Å². The SMILES string of the molecule is C=C(\C=C/C(=C/C(=N\C#N)C1(C)N=C2C(=N)c3cc(-c4cc(F)nc(F)c4)ccc3C2=N1)CC)c1cc(F)nc(F)c1. The Morgan fingerprint density at radius 1 is 0.929 bits per heavy atom. The lowest BCUT2D eigenvalue weighted by Gasteiger charge is -2.18. The van der Waals surface area contributed by atoms with E-state index in [0.29, 0.717) is 45.7 Å². The molecule has 0 saturated heterocycles. The number of nitrogens with zero attached hydrogens (tertiary/aromatic N) is 6. The number of nitrogens with one attached hydrogen (secondary N) is 1. The molecule has 5 rings (SSSR count). The summed E-state index contributed by atoms with van der Waals surface area (Å²) in [6.07, 6.45) is 7.22. The van der Waals surface area contributed by atoms with Crippen molar-refractivity contribution >= 4 is 28.4 Å². The third-order valence-corrected chi connectivity index (χ3v) is 6.78. The number of allylic oxidation sites excluding steroid dienone is 4. The predicted octanol–water partition coefficient (Wildman–Crippen LogP) is 6.57. The minimum absolute atomic E-state index is 0.0772. The van der Waals surface area contributed by atoms with Gasteiger partial charge in [0.05, 0.1) is 11.4 Å². The first kappa shape index (κ1) is 28.2. The van der Waals surface area contributed by atoms with E-state index < -0.39 is 29.5 Å². The number of benzene rings is 1. The Hall–Kier alpha value is -5.37. The minimum atomic E-state index is -1.32. The van der Waals surface area contributed by atoms with Crippen LogP contribution in [0.25, 0.3) is 16.7 Å². The number of halogens is 4. The number of rotatable bonds is 7. The predicted molar refractivity (Wildman–Crippen MR) is 153 cm³/mol. The van der Waals surface area contributed by atoms with Crippen LogP contribution in [-0.4, -0.2) is 38.5 Å². The molecule has 208 valence electrons. The zero-order valence-electron chi connectivity index (χ0n) is 22.4. The van der Waals surface area contributed by atoms with E-state index in [-0.39, 0.29) is 22.6 Å². The number of hydrogen-bond donors (Lipinski definition) is 1. The molecule has 1 atom stereocenters. The summed E-state index contributed by atoms with van der Waals surface area (Å²) in [6.45, 7) is 7.40. The molecular formula is C31H21F4N7. The normalized spacial score (nSPS) is 18.1. The molecule has 1 aliphatic carbocycles. The average Bonchev–Trinajstić information content (AvgIpc) is 3.42. The summed E-state index contributed by atoms with van der Waals surface area (Å²) in [5, 5.41) is 18.2. The second-order valence-corrected chi connectivity index (χ2v) is 9.61. The highest BCUT2D eigenvalue weighted by molar-refractivity contribution is 6.79. The van der Waals surface area contributed by atoms with Gasteiger partial charge in [-0.05, 0) is 53.3 Å². The Morgan fingerprint density at radius 3 is 2.17 bits per heavy atom. The molecule has 1 N–H and O–H groups in total. The van der Waals surface area contributed by atoms with E-state index in [2.05, 4.69) is 26.5 Å². The van der Waals surface area contributed by atoms with Gasteiger partial charge in [-0.15, -0.1) is 0 Å². The Morgan fingerprint density at radius 2 is 1.55 bits per heavy atom. The van der Waals surface area contributed by atoms with Crippen LogP contribution in [0.15, 0.2) is 87.8 Å². The summed E-state index contributed by atoms with van der Waals surface area (Å²) < 4.78 is 54.4. The van der Waals surface area contributed by atoms with Crippen molar-refractivity contribution in [3.05, 3.63) is 113 Å². The molecule has 0 radical (unpaired) electrons. The molecule has 3 aromatic rings. The van der Waals surface area contributed by atoms with Crippen molar-refractivity contribution in [2.45, 2.75) is 25.9 Å². The highest BCUT2D eigenvalue weighted by Gasteiger charge is 2.42. The summed E-state index contributed by atoms with van der Waals surface area (Å²) in [7, 11) is 0. The molecule has 1 aliphatic heterocycles. The van der Waals surface area contributed by atoms with E-state index >= 15 is 0 Å². The summed E-state index contributed by atoms with van der Waals surface area (Å²) >= 11 is 0. The van der Waals surface area contributed by atoms with Gasteiger partial charge in [0.2, 0.25) is 30.0 Å². The Kier molecular flexibility index (Phi) is 7.31. The molecular weight excluding hydrogens is 546 g/mol. The molecule has 7 nitrogen and oxygen atoms in total. The first-order valence-electron chi connectivity index (χ1n) is 12.7. The Labute approximate surface area is 238 Å². The van der Waals surface area contributed by atoms with E-state index in [1.165, 1.54) is 0 Å². The average molecular weight is 568 g/mol. The van der Waals surface area contributed by atoms with Crippen molar-refractivity contribution in [2.75, 3.05) is 0 Å². The van der Waals surface area contributed by atoms with Crippen LogP contribution in [0.1, 0.15) is 37.0 Å². The van der Waals surface area contributed by atoms with Crippen molar-refractivity contribution in [3.8, 4) is 17.3 Å². The topological polar surface area (TPSA) is 110 Å². The van der Waals surface area contributed by atoms with E-state index in [1.807, 2.05) is 6.92 Å². The van der Waals surface area contributed by atoms with Gasteiger partial charge >= 0.3 is 0 Å². The quantitative estimate of drug-likeness (QED) is 0.115. The molecule has 0 spiro atoms. The van der Waals surface area contributed by atoms with Crippen LogP contribution in [0.2, 0.25) is 0 Å². The number of pyridine rings is 2. The lowest BCUT2D eigenvalue weighted by molar-refractivity contribution is 0.511. The number of fused-ring (bicyclic) bond motifs is 3. The lowest BCUT2D eigenvalue weighted by Crippen LogP contribution is -2.29. The zero-order valence-corrected chi connectivity index (χ0v) is 22.4. The number of nitriles is 1. The first-order valence-corrected chi connectivity index (χ1v) is 12.7. The van der Waals surface area contributed by atoms with Crippen LogP contribution in [0.3, 0.4) is 0 Å². The molecule has 11 heteroatoms. The highest BCUT2D eigenvalue weighted by atomic mass is 19.1. The third-order valence-electron chi connectivity index (χ3n) is 6.78. The number of aromatic nitrogens is 2. The third kappa shape index (κ3) is 5.34. The Bertz CT molecular complexity index is 1840. The summed E-state index contributed by atoms with van der Waals surface area (Å²) in [5.74, 6) is -3.83. The lowest BCUT2D eigenvalue weighted by atomic mass is 9.99. The van der Waals surface area contributed by atoms with Crippen LogP contribution in [-0.2, 0) is 0 Å². The largest absolute Gasteiger partial charge is 0.298 e. The van der Waals surface area contributed by atoms with Crippen molar-refractivity contribution in [1.29, 1.82) is 10.7 Å². The van der Waals surface area contributed by atoms with Crippen molar-refractivity contribution in [3.63, 3.8) is 0 Å². The number of hydrogen-bond acceptors (Lipinski definition) is 7. The summed E-state index contributed by atoms with van der Waals surface area (Å²) in [6, 6.07) is 9.37. The van der Waals surface area contributed by atoms with Crippen LogP contribution >= 0.6 is 0 Å². The fraction of sp³-hybridized carbons (Fsp3) is 0.129. The molecule has 0 amide bonds. The van der Waals surface area contributed by atoms with Gasteiger partial charge in [0.1, 0.15) is 11.4 Å². The maximum atomic E-state index is 13.7. The van der Waals surface area contributed by atoms with Crippen LogP contribution in [0.5, 0.6) is 0 Å². The molecule has 0 bridgehead atoms. The van der Waals surface area contributed by atoms with Crippen LogP contribution in [0, 0.1) is 40.7 Å². The maximum Gasteiger partial charge on any atom is 0.216 e. The van der Waals surface area contributed by atoms with E-state index in [9.17, 15) is 22.8 Å².